The number of hydrogen-bond donors (Lipinski definition) is 1. The summed E-state index contributed by atoms with van der Waals surface area (Å²) in [5, 5.41) is 9.42. The molecule has 4 rings (SSSR count). The zero-order valence-electron chi connectivity index (χ0n) is 23.3. The Morgan fingerprint density at radius 3 is 2.12 bits per heavy atom. The van der Waals surface area contributed by atoms with E-state index < -0.39 is 59.3 Å². The first-order chi connectivity index (χ1) is 19.5. The van der Waals surface area contributed by atoms with Gasteiger partial charge in [-0.05, 0) is 86.7 Å². The van der Waals surface area contributed by atoms with Crippen LogP contribution in [0.5, 0.6) is 0 Å². The summed E-state index contributed by atoms with van der Waals surface area (Å²) in [4.78, 5) is 30.0. The van der Waals surface area contributed by atoms with Crippen LogP contribution in [0, 0.1) is 18.7 Å². The number of benzene rings is 2. The SMILES string of the molecule is Cc1cc(F)ccc1C1CC(N2CCC(C(=O)O)C2)CCN1C(=O)N(C)[C@H](C)c1cc(C(F)(F)F)cc(C(F)(F)F)c1. The van der Waals surface area contributed by atoms with Gasteiger partial charge in [-0.3, -0.25) is 9.69 Å². The fourth-order valence-corrected chi connectivity index (χ4v) is 5.95. The van der Waals surface area contributed by atoms with E-state index in [0.717, 1.165) is 4.90 Å². The van der Waals surface area contributed by atoms with E-state index in [1.54, 1.807) is 13.0 Å². The van der Waals surface area contributed by atoms with Crippen LogP contribution in [-0.4, -0.2) is 64.5 Å². The fraction of sp³-hybridized carbons (Fsp3) is 0.517. The Balaban J connectivity index is 1.64. The van der Waals surface area contributed by atoms with E-state index in [-0.39, 0.29) is 24.2 Å². The summed E-state index contributed by atoms with van der Waals surface area (Å²) < 4.78 is 94.8. The molecular formula is C29H32F7N3O3. The number of carbonyl (C=O) groups excluding carboxylic acids is 1. The second-order valence-electron chi connectivity index (χ2n) is 11.1. The highest BCUT2D eigenvalue weighted by molar-refractivity contribution is 5.75. The molecule has 2 aliphatic heterocycles. The van der Waals surface area contributed by atoms with Crippen molar-refractivity contribution in [2.75, 3.05) is 26.7 Å². The molecule has 2 fully saturated rings. The van der Waals surface area contributed by atoms with Gasteiger partial charge in [0.2, 0.25) is 0 Å². The standard InChI is InChI=1S/C29H32F7N3O3/c1-16-10-22(30)4-5-24(16)25-14-23(38-8-6-18(15-38)26(40)41)7-9-39(25)27(42)37(3)17(2)19-11-20(28(31,32)33)13-21(12-19)29(34,35)36/h4-5,10-13,17-18,23,25H,6-9,14-15H2,1-3H3,(H,40,41)/t17-,18?,23?,25?/m1/s1. The van der Waals surface area contributed by atoms with E-state index in [4.69, 9.17) is 0 Å². The second-order valence-corrected chi connectivity index (χ2v) is 11.1. The molecule has 1 N–H and O–H groups in total. The number of rotatable bonds is 5. The molecule has 2 amide bonds. The molecule has 13 heteroatoms. The van der Waals surface area contributed by atoms with Crippen molar-refractivity contribution in [1.29, 1.82) is 0 Å². The summed E-state index contributed by atoms with van der Waals surface area (Å²) in [6, 6.07) is 3.01. The largest absolute Gasteiger partial charge is 0.481 e. The van der Waals surface area contributed by atoms with Crippen LogP contribution in [0.1, 0.15) is 66.1 Å². The van der Waals surface area contributed by atoms with Crippen molar-refractivity contribution >= 4 is 12.0 Å². The molecule has 2 aromatic carbocycles. The maximum atomic E-state index is 14.0. The van der Waals surface area contributed by atoms with E-state index in [2.05, 4.69) is 4.90 Å². The lowest BCUT2D eigenvalue weighted by atomic mass is 9.88. The highest BCUT2D eigenvalue weighted by Crippen LogP contribution is 2.40. The summed E-state index contributed by atoms with van der Waals surface area (Å²) in [6.07, 6.45) is -8.68. The molecule has 0 bridgehead atoms. The van der Waals surface area contributed by atoms with E-state index in [9.17, 15) is 45.4 Å². The third kappa shape index (κ3) is 6.66. The molecule has 0 aliphatic carbocycles. The molecule has 0 radical (unpaired) electrons. The van der Waals surface area contributed by atoms with E-state index in [1.807, 2.05) is 0 Å². The number of piperidine rings is 1. The van der Waals surface area contributed by atoms with Gasteiger partial charge in [-0.1, -0.05) is 6.07 Å². The van der Waals surface area contributed by atoms with Crippen LogP contribution in [0.2, 0.25) is 0 Å². The number of likely N-dealkylation sites (tertiary alicyclic amines) is 2. The van der Waals surface area contributed by atoms with Gasteiger partial charge in [0.1, 0.15) is 5.82 Å². The first kappa shape index (κ1) is 31.6. The van der Waals surface area contributed by atoms with Gasteiger partial charge in [-0.25, -0.2) is 9.18 Å². The maximum Gasteiger partial charge on any atom is 0.416 e. The van der Waals surface area contributed by atoms with Gasteiger partial charge in [0.05, 0.1) is 29.1 Å². The van der Waals surface area contributed by atoms with Gasteiger partial charge >= 0.3 is 24.4 Å². The smallest absolute Gasteiger partial charge is 0.416 e. The number of carbonyl (C=O) groups is 2. The number of carboxylic acids is 1. The average Bonchev–Trinajstić information content (AvgIpc) is 3.41. The Kier molecular flexibility index (Phi) is 8.82. The second kappa shape index (κ2) is 11.7. The van der Waals surface area contributed by atoms with Crippen molar-refractivity contribution in [3.63, 3.8) is 0 Å². The molecule has 2 heterocycles. The summed E-state index contributed by atoms with van der Waals surface area (Å²) in [5.74, 6) is -1.85. The predicted molar refractivity (Wildman–Crippen MR) is 139 cm³/mol. The number of hydrogen-bond acceptors (Lipinski definition) is 3. The minimum atomic E-state index is -5.03. The number of amides is 2. The summed E-state index contributed by atoms with van der Waals surface area (Å²) in [5.41, 5.74) is -2.03. The molecule has 0 aromatic heterocycles. The van der Waals surface area contributed by atoms with E-state index in [1.165, 1.54) is 31.0 Å². The summed E-state index contributed by atoms with van der Waals surface area (Å²) >= 11 is 0. The van der Waals surface area contributed by atoms with Crippen LogP contribution in [0.4, 0.5) is 35.5 Å². The summed E-state index contributed by atoms with van der Waals surface area (Å²) in [7, 11) is 1.32. The van der Waals surface area contributed by atoms with Gasteiger partial charge in [-0.15, -0.1) is 0 Å². The van der Waals surface area contributed by atoms with Crippen LogP contribution in [-0.2, 0) is 17.1 Å². The third-order valence-electron chi connectivity index (χ3n) is 8.47. The van der Waals surface area contributed by atoms with Crippen LogP contribution < -0.4 is 0 Å². The van der Waals surface area contributed by atoms with E-state index >= 15 is 0 Å². The predicted octanol–water partition coefficient (Wildman–Crippen LogP) is 6.90. The number of urea groups is 1. The molecule has 230 valence electrons. The molecule has 42 heavy (non-hydrogen) atoms. The highest BCUT2D eigenvalue weighted by Gasteiger charge is 2.41. The lowest BCUT2D eigenvalue weighted by molar-refractivity contribution is -0.143. The van der Waals surface area contributed by atoms with Gasteiger partial charge in [-0.2, -0.15) is 26.3 Å². The van der Waals surface area contributed by atoms with Crippen molar-refractivity contribution in [2.45, 2.75) is 63.6 Å². The first-order valence-corrected chi connectivity index (χ1v) is 13.5. The molecule has 2 aromatic rings. The molecule has 2 saturated heterocycles. The Morgan fingerprint density at radius 1 is 0.976 bits per heavy atom. The molecule has 6 nitrogen and oxygen atoms in total. The Labute approximate surface area is 238 Å². The topological polar surface area (TPSA) is 64.1 Å². The van der Waals surface area contributed by atoms with Gasteiger partial charge in [0.25, 0.3) is 0 Å². The minimum absolute atomic E-state index is 0.0451. The van der Waals surface area contributed by atoms with Crippen LogP contribution in [0.15, 0.2) is 36.4 Å². The van der Waals surface area contributed by atoms with Crippen molar-refractivity contribution in [3.8, 4) is 0 Å². The maximum absolute atomic E-state index is 14.0. The fourth-order valence-electron chi connectivity index (χ4n) is 5.95. The van der Waals surface area contributed by atoms with Crippen molar-refractivity contribution in [3.05, 3.63) is 70.0 Å². The van der Waals surface area contributed by atoms with Crippen LogP contribution in [0.25, 0.3) is 0 Å². The Bertz CT molecular complexity index is 1300. The molecule has 2 aliphatic rings. The summed E-state index contributed by atoms with van der Waals surface area (Å²) in [6.45, 7) is 4.17. The van der Waals surface area contributed by atoms with Gasteiger partial charge in [0, 0.05) is 26.2 Å². The third-order valence-corrected chi connectivity index (χ3v) is 8.47. The van der Waals surface area contributed by atoms with Crippen molar-refractivity contribution in [2.24, 2.45) is 5.92 Å². The molecule has 4 atom stereocenters. The molecule has 3 unspecified atom stereocenters. The van der Waals surface area contributed by atoms with Gasteiger partial charge < -0.3 is 14.9 Å². The minimum Gasteiger partial charge on any atom is -0.481 e. The van der Waals surface area contributed by atoms with E-state index in [0.29, 0.717) is 55.6 Å². The van der Waals surface area contributed by atoms with Crippen molar-refractivity contribution in [1.82, 2.24) is 14.7 Å². The molecular weight excluding hydrogens is 571 g/mol. The number of halogens is 7. The number of alkyl halides is 6. The van der Waals surface area contributed by atoms with Crippen LogP contribution >= 0.6 is 0 Å². The number of carboxylic acid groups (broad SMARTS) is 1. The van der Waals surface area contributed by atoms with Crippen LogP contribution in [0.3, 0.4) is 0 Å². The lowest BCUT2D eigenvalue weighted by Crippen LogP contribution is -2.51. The normalized spacial score (nSPS) is 22.7. The highest BCUT2D eigenvalue weighted by atomic mass is 19.4. The monoisotopic (exact) mass is 603 g/mol. The molecule has 0 spiro atoms. The Morgan fingerprint density at radius 2 is 1.60 bits per heavy atom. The number of aliphatic carboxylic acids is 1. The van der Waals surface area contributed by atoms with Gasteiger partial charge in [0.15, 0.2) is 0 Å². The quantitative estimate of drug-likeness (QED) is 0.378. The number of aryl methyl sites for hydroxylation is 1. The zero-order valence-corrected chi connectivity index (χ0v) is 23.3. The lowest BCUT2D eigenvalue weighted by Gasteiger charge is -2.45. The van der Waals surface area contributed by atoms with Crippen molar-refractivity contribution < 1.29 is 45.4 Å². The number of nitrogens with zero attached hydrogens (tertiary/aromatic N) is 3. The molecule has 0 saturated carbocycles. The Hall–Kier alpha value is -3.35. The zero-order chi connectivity index (χ0) is 31.1. The average molecular weight is 604 g/mol. The first-order valence-electron chi connectivity index (χ1n) is 13.5.